The van der Waals surface area contributed by atoms with Crippen LogP contribution in [0.1, 0.15) is 31.9 Å². The Bertz CT molecular complexity index is 334. The third-order valence-corrected chi connectivity index (χ3v) is 3.26. The summed E-state index contributed by atoms with van der Waals surface area (Å²) >= 11 is 11.6. The van der Waals surface area contributed by atoms with Gasteiger partial charge in [-0.2, -0.15) is 0 Å². The summed E-state index contributed by atoms with van der Waals surface area (Å²) in [4.78, 5) is 0. The minimum atomic E-state index is -0.106. The van der Waals surface area contributed by atoms with Crippen molar-refractivity contribution < 1.29 is 5.11 Å². The summed E-state index contributed by atoms with van der Waals surface area (Å²) < 4.78 is 0. The predicted molar refractivity (Wildman–Crippen MR) is 71.8 cm³/mol. The second-order valence-electron chi connectivity index (χ2n) is 3.74. The summed E-state index contributed by atoms with van der Waals surface area (Å²) in [5, 5.41) is 9.90. The highest BCUT2D eigenvalue weighted by Gasteiger charge is 2.16. The van der Waals surface area contributed by atoms with Crippen molar-refractivity contribution in [1.82, 2.24) is 0 Å². The van der Waals surface area contributed by atoms with Crippen molar-refractivity contribution in [3.05, 3.63) is 27.7 Å². The summed E-state index contributed by atoms with van der Waals surface area (Å²) in [5.74, 6) is 0.264. The van der Waals surface area contributed by atoms with Gasteiger partial charge in [0.1, 0.15) is 0 Å². The lowest BCUT2D eigenvalue weighted by Gasteiger charge is -2.19. The number of hydrogen-bond donors (Lipinski definition) is 2. The molecule has 0 aliphatic heterocycles. The van der Waals surface area contributed by atoms with Crippen LogP contribution >= 0.6 is 35.6 Å². The van der Waals surface area contributed by atoms with E-state index < -0.39 is 0 Å². The maximum absolute atomic E-state index is 9.40. The van der Waals surface area contributed by atoms with Crippen LogP contribution in [-0.2, 0) is 0 Å². The molecule has 2 atom stereocenters. The molecule has 92 valence electrons. The lowest BCUT2D eigenvalue weighted by atomic mass is 9.93. The van der Waals surface area contributed by atoms with Crippen molar-refractivity contribution in [3.8, 4) is 5.75 Å². The van der Waals surface area contributed by atoms with Crippen LogP contribution in [0.25, 0.3) is 0 Å². The first-order valence-electron chi connectivity index (χ1n) is 4.90. The summed E-state index contributed by atoms with van der Waals surface area (Å²) in [7, 11) is 0. The van der Waals surface area contributed by atoms with Gasteiger partial charge in [-0.25, -0.2) is 0 Å². The molecule has 0 aliphatic rings. The number of phenols is 1. The molecule has 1 rings (SSSR count). The molecule has 1 aromatic carbocycles. The average molecular weight is 285 g/mol. The summed E-state index contributed by atoms with van der Waals surface area (Å²) in [6.45, 7) is 4.15. The lowest BCUT2D eigenvalue weighted by Crippen LogP contribution is -2.18. The number of aromatic hydroxyl groups is 1. The molecule has 2 nitrogen and oxygen atoms in total. The number of hydrogen-bond acceptors (Lipinski definition) is 2. The fourth-order valence-electron chi connectivity index (χ4n) is 1.36. The van der Waals surface area contributed by atoms with Crippen LogP contribution in [0.5, 0.6) is 5.75 Å². The molecule has 0 radical (unpaired) electrons. The molecule has 0 bridgehead atoms. The minimum Gasteiger partial charge on any atom is -0.505 e. The summed E-state index contributed by atoms with van der Waals surface area (Å²) in [6, 6.07) is 3.23. The number of nitrogens with two attached hydrogens (primary N) is 1. The monoisotopic (exact) mass is 283 g/mol. The molecule has 0 spiro atoms. The third-order valence-electron chi connectivity index (χ3n) is 2.68. The minimum absolute atomic E-state index is 0. The average Bonchev–Trinajstić information content (AvgIpc) is 2.23. The van der Waals surface area contributed by atoms with E-state index in [4.69, 9.17) is 28.9 Å². The van der Waals surface area contributed by atoms with E-state index in [0.717, 1.165) is 12.0 Å². The Morgan fingerprint density at radius 3 is 2.12 bits per heavy atom. The zero-order chi connectivity index (χ0) is 11.6. The third kappa shape index (κ3) is 3.42. The Hall–Kier alpha value is -0.150. The van der Waals surface area contributed by atoms with Gasteiger partial charge in [0, 0.05) is 6.04 Å². The fraction of sp³-hybridized carbons (Fsp3) is 0.455. The van der Waals surface area contributed by atoms with Gasteiger partial charge >= 0.3 is 0 Å². The molecule has 5 heteroatoms. The Balaban J connectivity index is 0.00000225. The molecule has 3 N–H and O–H groups in total. The van der Waals surface area contributed by atoms with Crippen LogP contribution in [0.3, 0.4) is 0 Å². The topological polar surface area (TPSA) is 46.2 Å². The van der Waals surface area contributed by atoms with E-state index in [9.17, 15) is 5.11 Å². The van der Waals surface area contributed by atoms with Gasteiger partial charge < -0.3 is 10.8 Å². The Labute approximate surface area is 112 Å². The van der Waals surface area contributed by atoms with Crippen molar-refractivity contribution in [2.45, 2.75) is 26.3 Å². The van der Waals surface area contributed by atoms with Crippen molar-refractivity contribution >= 4 is 35.6 Å². The van der Waals surface area contributed by atoms with Crippen molar-refractivity contribution in [2.75, 3.05) is 0 Å². The fourth-order valence-corrected chi connectivity index (χ4v) is 1.86. The van der Waals surface area contributed by atoms with Gasteiger partial charge in [0.15, 0.2) is 5.75 Å². The van der Waals surface area contributed by atoms with E-state index in [-0.39, 0.29) is 34.2 Å². The molecular formula is C11H16Cl3NO. The van der Waals surface area contributed by atoms with Gasteiger partial charge in [-0.1, -0.05) is 43.5 Å². The number of benzene rings is 1. The highest BCUT2D eigenvalue weighted by atomic mass is 35.5. The Morgan fingerprint density at radius 1 is 1.31 bits per heavy atom. The Kier molecular flexibility index (Phi) is 6.49. The normalized spacial score (nSPS) is 14.1. The molecule has 0 saturated carbocycles. The molecule has 1 unspecified atom stereocenters. The number of halogens is 3. The lowest BCUT2D eigenvalue weighted by molar-refractivity contribution is 0.453. The highest BCUT2D eigenvalue weighted by Crippen LogP contribution is 2.35. The molecular weight excluding hydrogens is 268 g/mol. The smallest absolute Gasteiger partial charge is 0.152 e. The molecule has 1 aromatic rings. The van der Waals surface area contributed by atoms with Gasteiger partial charge in [-0.3, -0.25) is 0 Å². The number of rotatable bonds is 3. The van der Waals surface area contributed by atoms with Crippen LogP contribution < -0.4 is 5.73 Å². The zero-order valence-corrected chi connectivity index (χ0v) is 11.5. The van der Waals surface area contributed by atoms with Crippen molar-refractivity contribution in [1.29, 1.82) is 0 Å². The molecule has 0 saturated heterocycles. The summed E-state index contributed by atoms with van der Waals surface area (Å²) in [6.07, 6.45) is 0.983. The first-order chi connectivity index (χ1) is 6.97. The van der Waals surface area contributed by atoms with Crippen molar-refractivity contribution in [2.24, 2.45) is 11.7 Å². The largest absolute Gasteiger partial charge is 0.505 e. The van der Waals surface area contributed by atoms with Crippen LogP contribution in [0.4, 0.5) is 0 Å². The van der Waals surface area contributed by atoms with E-state index >= 15 is 0 Å². The van der Waals surface area contributed by atoms with Gasteiger partial charge in [0.25, 0.3) is 0 Å². The van der Waals surface area contributed by atoms with Crippen LogP contribution in [0.2, 0.25) is 10.0 Å². The Morgan fingerprint density at radius 2 is 1.75 bits per heavy atom. The predicted octanol–water partition coefficient (Wildman–Crippen LogP) is 4.17. The number of phenolic OH excluding ortho intramolecular Hbond substituents is 1. The maximum atomic E-state index is 9.40. The van der Waals surface area contributed by atoms with Crippen LogP contribution in [0.15, 0.2) is 12.1 Å². The molecule has 0 amide bonds. The van der Waals surface area contributed by atoms with Gasteiger partial charge in [0.2, 0.25) is 0 Å². The second-order valence-corrected chi connectivity index (χ2v) is 4.56. The van der Waals surface area contributed by atoms with E-state index in [0.29, 0.717) is 5.92 Å². The first kappa shape index (κ1) is 15.9. The quantitative estimate of drug-likeness (QED) is 0.875. The van der Waals surface area contributed by atoms with E-state index in [1.807, 2.05) is 0 Å². The second kappa shape index (κ2) is 6.55. The maximum Gasteiger partial charge on any atom is 0.152 e. The zero-order valence-electron chi connectivity index (χ0n) is 9.21. The first-order valence-corrected chi connectivity index (χ1v) is 5.66. The van der Waals surface area contributed by atoms with Gasteiger partial charge in [0.05, 0.1) is 10.0 Å². The van der Waals surface area contributed by atoms with Gasteiger partial charge in [-0.05, 0) is 23.6 Å². The molecule has 0 fully saturated rings. The van der Waals surface area contributed by atoms with Crippen molar-refractivity contribution in [3.63, 3.8) is 0 Å². The summed E-state index contributed by atoms with van der Waals surface area (Å²) in [5.41, 5.74) is 6.90. The highest BCUT2D eigenvalue weighted by molar-refractivity contribution is 6.37. The van der Waals surface area contributed by atoms with E-state index in [2.05, 4.69) is 13.8 Å². The molecule has 0 heterocycles. The molecule has 16 heavy (non-hydrogen) atoms. The SMILES string of the molecule is CCC(C)[C@@H](N)c1cc(Cl)c(O)c(Cl)c1.Cl. The standard InChI is InChI=1S/C11H15Cl2NO.ClH/c1-3-6(2)10(14)7-4-8(12)11(15)9(13)5-7;/h4-6,10,15H,3,14H2,1-2H3;1H/t6?,10-;/m1./s1. The molecule has 0 aliphatic carbocycles. The van der Waals surface area contributed by atoms with Gasteiger partial charge in [-0.15, -0.1) is 12.4 Å². The van der Waals surface area contributed by atoms with E-state index in [1.165, 1.54) is 0 Å². The van der Waals surface area contributed by atoms with Crippen LogP contribution in [-0.4, -0.2) is 5.11 Å². The van der Waals surface area contributed by atoms with E-state index in [1.54, 1.807) is 12.1 Å². The molecule has 0 aromatic heterocycles. The van der Waals surface area contributed by atoms with Crippen LogP contribution in [0, 0.1) is 5.92 Å².